The minimum atomic E-state index is -0.439. The third-order valence-corrected chi connectivity index (χ3v) is 6.25. The van der Waals surface area contributed by atoms with Crippen LogP contribution in [0.4, 0.5) is 5.82 Å². The molecular formula is C24H26N4O3. The number of ether oxygens (including phenoxy) is 2. The number of hydrogen-bond acceptors (Lipinski definition) is 7. The van der Waals surface area contributed by atoms with Crippen LogP contribution < -0.4 is 9.75 Å². The topological polar surface area (TPSA) is 87.8 Å². The lowest BCUT2D eigenvalue weighted by Gasteiger charge is -2.27. The van der Waals surface area contributed by atoms with E-state index < -0.39 is 5.97 Å². The fourth-order valence-corrected chi connectivity index (χ4v) is 4.59. The maximum absolute atomic E-state index is 12.2. The van der Waals surface area contributed by atoms with Crippen LogP contribution in [0.1, 0.15) is 59.3 Å². The summed E-state index contributed by atoms with van der Waals surface area (Å²) in [5, 5.41) is 16.2. The van der Waals surface area contributed by atoms with Crippen molar-refractivity contribution in [1.29, 1.82) is 5.26 Å². The Balaban J connectivity index is 1.73. The van der Waals surface area contributed by atoms with Crippen molar-refractivity contribution in [2.24, 2.45) is 11.0 Å². The van der Waals surface area contributed by atoms with Gasteiger partial charge in [-0.15, -0.1) is 0 Å². The van der Waals surface area contributed by atoms with E-state index in [-0.39, 0.29) is 6.04 Å². The summed E-state index contributed by atoms with van der Waals surface area (Å²) in [4.78, 5) is 16.9. The zero-order chi connectivity index (χ0) is 22.0. The molecule has 0 amide bonds. The molecule has 2 aromatic rings. The molecule has 4 rings (SSSR count). The van der Waals surface area contributed by atoms with Crippen LogP contribution in [0.5, 0.6) is 5.75 Å². The second-order valence-corrected chi connectivity index (χ2v) is 8.03. The van der Waals surface area contributed by atoms with E-state index in [0.29, 0.717) is 28.5 Å². The smallest absolute Gasteiger partial charge is 0.341 e. The zero-order valence-electron chi connectivity index (χ0n) is 18.1. The molecule has 1 atom stereocenters. The third kappa shape index (κ3) is 3.98. The molecule has 1 aliphatic carbocycles. The number of esters is 1. The van der Waals surface area contributed by atoms with E-state index in [1.54, 1.807) is 18.2 Å². The molecule has 0 radical (unpaired) electrons. The molecule has 160 valence electrons. The van der Waals surface area contributed by atoms with Gasteiger partial charge in [-0.1, -0.05) is 12.8 Å². The number of rotatable bonds is 5. The fourth-order valence-electron chi connectivity index (χ4n) is 4.59. The van der Waals surface area contributed by atoms with Crippen LogP contribution in [0.15, 0.2) is 35.4 Å². The van der Waals surface area contributed by atoms with E-state index in [9.17, 15) is 10.1 Å². The van der Waals surface area contributed by atoms with E-state index in [2.05, 4.69) is 11.1 Å². The van der Waals surface area contributed by atoms with Crippen molar-refractivity contribution in [3.8, 4) is 11.8 Å². The highest BCUT2D eigenvalue weighted by Crippen LogP contribution is 2.38. The summed E-state index contributed by atoms with van der Waals surface area (Å²) < 4.78 is 10.2. The molecule has 1 aromatic heterocycles. The highest BCUT2D eigenvalue weighted by atomic mass is 16.5. The van der Waals surface area contributed by atoms with Crippen molar-refractivity contribution in [2.45, 2.75) is 45.1 Å². The number of anilines is 1. The first-order valence-corrected chi connectivity index (χ1v) is 10.6. The molecular weight excluding hydrogens is 392 g/mol. The summed E-state index contributed by atoms with van der Waals surface area (Å²) in [6, 6.07) is 11.6. The molecule has 7 nitrogen and oxygen atoms in total. The molecule has 0 spiro atoms. The van der Waals surface area contributed by atoms with Gasteiger partial charge in [0.25, 0.3) is 0 Å². The molecule has 1 unspecified atom stereocenters. The van der Waals surface area contributed by atoms with E-state index in [1.807, 2.05) is 24.1 Å². The maximum Gasteiger partial charge on any atom is 0.341 e. The second kappa shape index (κ2) is 8.76. The van der Waals surface area contributed by atoms with Gasteiger partial charge in [-0.05, 0) is 61.6 Å². The van der Waals surface area contributed by atoms with Gasteiger partial charge in [0.1, 0.15) is 23.2 Å². The Hall–Kier alpha value is -3.40. The summed E-state index contributed by atoms with van der Waals surface area (Å²) in [6.07, 6.45) is 5.60. The minimum Gasteiger partial charge on any atom is -0.496 e. The normalized spacial score (nSPS) is 18.6. The van der Waals surface area contributed by atoms with Crippen molar-refractivity contribution in [2.75, 3.05) is 19.2 Å². The molecule has 1 saturated carbocycles. The molecule has 2 heterocycles. The van der Waals surface area contributed by atoms with Crippen molar-refractivity contribution < 1.29 is 14.3 Å². The Morgan fingerprint density at radius 2 is 1.97 bits per heavy atom. The van der Waals surface area contributed by atoms with Gasteiger partial charge in [-0.2, -0.15) is 10.4 Å². The van der Waals surface area contributed by atoms with Crippen LogP contribution >= 0.6 is 0 Å². The zero-order valence-corrected chi connectivity index (χ0v) is 18.1. The molecule has 7 heteroatoms. The standard InChI is InChI=1S/C24H26N4O3/c1-15-18(14-25)9-11-23(26-15)28-21(16-6-4-5-7-16)13-20(27-28)17-8-10-22(30-2)19(12-17)24(29)31-3/h8-12,16,21H,4-7,13H2,1-3H3. The SMILES string of the molecule is COC(=O)c1cc(C2=NN(c3ccc(C#N)c(C)n3)C(C3CCCC3)C2)ccc1OC. The number of hydrazone groups is 1. The Labute approximate surface area is 182 Å². The molecule has 1 fully saturated rings. The molecule has 0 bridgehead atoms. The summed E-state index contributed by atoms with van der Waals surface area (Å²) in [7, 11) is 2.89. The van der Waals surface area contributed by atoms with Gasteiger partial charge in [-0.25, -0.2) is 14.8 Å². The van der Waals surface area contributed by atoms with Crippen LogP contribution in [0, 0.1) is 24.2 Å². The highest BCUT2D eigenvalue weighted by molar-refractivity contribution is 6.05. The summed E-state index contributed by atoms with van der Waals surface area (Å²) in [5.41, 5.74) is 3.44. The first-order chi connectivity index (χ1) is 15.0. The van der Waals surface area contributed by atoms with Crippen LogP contribution in [-0.4, -0.2) is 36.9 Å². The highest BCUT2D eigenvalue weighted by Gasteiger charge is 2.37. The average Bonchev–Trinajstić information content (AvgIpc) is 3.48. The number of nitriles is 1. The van der Waals surface area contributed by atoms with Crippen molar-refractivity contribution in [1.82, 2.24) is 4.98 Å². The molecule has 0 saturated heterocycles. The Morgan fingerprint density at radius 1 is 1.19 bits per heavy atom. The molecule has 31 heavy (non-hydrogen) atoms. The number of hydrogen-bond donors (Lipinski definition) is 0. The third-order valence-electron chi connectivity index (χ3n) is 6.25. The minimum absolute atomic E-state index is 0.209. The number of nitrogens with zero attached hydrogens (tertiary/aromatic N) is 4. The lowest BCUT2D eigenvalue weighted by Crippen LogP contribution is -2.33. The van der Waals surface area contributed by atoms with Gasteiger partial charge < -0.3 is 9.47 Å². The van der Waals surface area contributed by atoms with Crippen LogP contribution in [0.2, 0.25) is 0 Å². The molecule has 2 aliphatic rings. The number of benzene rings is 1. The largest absolute Gasteiger partial charge is 0.496 e. The second-order valence-electron chi connectivity index (χ2n) is 8.03. The number of methoxy groups -OCH3 is 2. The van der Waals surface area contributed by atoms with Crippen LogP contribution in [0.25, 0.3) is 0 Å². The predicted octanol–water partition coefficient (Wildman–Crippen LogP) is 4.23. The van der Waals surface area contributed by atoms with E-state index in [1.165, 1.54) is 39.9 Å². The Bertz CT molecular complexity index is 1070. The van der Waals surface area contributed by atoms with Gasteiger partial charge in [0, 0.05) is 6.42 Å². The van der Waals surface area contributed by atoms with Gasteiger partial charge in [-0.3, -0.25) is 0 Å². The first kappa shape index (κ1) is 20.9. The number of pyridine rings is 1. The fraction of sp³-hybridized carbons (Fsp3) is 0.417. The van der Waals surface area contributed by atoms with Crippen LogP contribution in [-0.2, 0) is 4.74 Å². The van der Waals surface area contributed by atoms with E-state index >= 15 is 0 Å². The van der Waals surface area contributed by atoms with Gasteiger partial charge in [0.2, 0.25) is 0 Å². The number of carbonyl (C=O) groups excluding carboxylic acids is 1. The molecule has 0 N–H and O–H groups in total. The van der Waals surface area contributed by atoms with Gasteiger partial charge in [0.05, 0.1) is 37.2 Å². The van der Waals surface area contributed by atoms with Crippen molar-refractivity contribution >= 4 is 17.5 Å². The molecule has 1 aliphatic heterocycles. The number of aromatic nitrogens is 1. The lowest BCUT2D eigenvalue weighted by molar-refractivity contribution is 0.0597. The van der Waals surface area contributed by atoms with Crippen molar-refractivity contribution in [3.05, 3.63) is 52.7 Å². The Kier molecular flexibility index (Phi) is 5.90. The number of carbonyl (C=O) groups is 1. The predicted molar refractivity (Wildman–Crippen MR) is 117 cm³/mol. The molecule has 1 aromatic carbocycles. The van der Waals surface area contributed by atoms with Crippen molar-refractivity contribution in [3.63, 3.8) is 0 Å². The van der Waals surface area contributed by atoms with Gasteiger partial charge in [0.15, 0.2) is 0 Å². The summed E-state index contributed by atoms with van der Waals surface area (Å²) >= 11 is 0. The average molecular weight is 418 g/mol. The number of aryl methyl sites for hydroxylation is 1. The van der Waals surface area contributed by atoms with Crippen LogP contribution in [0.3, 0.4) is 0 Å². The Morgan fingerprint density at radius 3 is 2.61 bits per heavy atom. The lowest BCUT2D eigenvalue weighted by atomic mass is 9.92. The summed E-state index contributed by atoms with van der Waals surface area (Å²) in [5.74, 6) is 1.33. The summed E-state index contributed by atoms with van der Waals surface area (Å²) in [6.45, 7) is 1.85. The maximum atomic E-state index is 12.2. The van der Waals surface area contributed by atoms with E-state index in [0.717, 1.165) is 23.5 Å². The monoisotopic (exact) mass is 418 g/mol. The van der Waals surface area contributed by atoms with E-state index in [4.69, 9.17) is 14.6 Å². The quantitative estimate of drug-likeness (QED) is 0.675. The first-order valence-electron chi connectivity index (χ1n) is 10.6. The van der Waals surface area contributed by atoms with Gasteiger partial charge >= 0.3 is 5.97 Å².